The lowest BCUT2D eigenvalue weighted by Gasteiger charge is -2.26. The summed E-state index contributed by atoms with van der Waals surface area (Å²) >= 11 is 0. The van der Waals surface area contributed by atoms with Crippen LogP contribution in [0.2, 0.25) is 0 Å². The molecule has 2 aromatic carbocycles. The average Bonchev–Trinajstić information content (AvgIpc) is 2.80. The molecule has 0 saturated carbocycles. The molecule has 3 aromatic rings. The van der Waals surface area contributed by atoms with Gasteiger partial charge in [0.1, 0.15) is 12.4 Å². The molecule has 1 aliphatic rings. The molecule has 0 bridgehead atoms. The maximum atomic E-state index is 12.5. The van der Waals surface area contributed by atoms with Gasteiger partial charge in [-0.2, -0.15) is 0 Å². The molecule has 1 amide bonds. The second kappa shape index (κ2) is 9.19. The summed E-state index contributed by atoms with van der Waals surface area (Å²) in [5.41, 5.74) is 2.40. The summed E-state index contributed by atoms with van der Waals surface area (Å²) in [6.45, 7) is 2.14. The Morgan fingerprint density at radius 1 is 0.897 bits per heavy atom. The molecule has 1 aliphatic heterocycles. The Bertz CT molecular complexity index is 921. The van der Waals surface area contributed by atoms with E-state index in [9.17, 15) is 4.79 Å². The van der Waals surface area contributed by atoms with E-state index >= 15 is 0 Å². The molecule has 4 rings (SSSR count). The molecule has 0 aliphatic carbocycles. The van der Waals surface area contributed by atoms with E-state index in [0.29, 0.717) is 18.1 Å². The van der Waals surface area contributed by atoms with E-state index in [4.69, 9.17) is 4.74 Å². The molecule has 6 nitrogen and oxygen atoms in total. The van der Waals surface area contributed by atoms with Crippen molar-refractivity contribution in [1.29, 1.82) is 0 Å². The number of piperidine rings is 1. The molecule has 0 unspecified atom stereocenters. The van der Waals surface area contributed by atoms with Gasteiger partial charge >= 0.3 is 0 Å². The van der Waals surface area contributed by atoms with Crippen LogP contribution in [0.1, 0.15) is 35.3 Å². The number of carbonyl (C=O) groups excluding carboxylic acids is 1. The first kappa shape index (κ1) is 18.9. The van der Waals surface area contributed by atoms with Crippen molar-refractivity contribution in [3.8, 4) is 5.75 Å². The molecule has 1 fully saturated rings. The molecular weight excluding hydrogens is 364 g/mol. The van der Waals surface area contributed by atoms with Crippen molar-refractivity contribution in [3.05, 3.63) is 78.0 Å². The molecule has 1 saturated heterocycles. The van der Waals surface area contributed by atoms with Crippen molar-refractivity contribution in [3.63, 3.8) is 0 Å². The van der Waals surface area contributed by atoms with Crippen molar-refractivity contribution in [2.24, 2.45) is 0 Å². The Hall–Kier alpha value is -3.41. The topological polar surface area (TPSA) is 67.3 Å². The number of hydrogen-bond acceptors (Lipinski definition) is 5. The maximum Gasteiger partial charge on any atom is 0.274 e. The predicted molar refractivity (Wildman–Crippen MR) is 112 cm³/mol. The Kier molecular flexibility index (Phi) is 6.00. The Morgan fingerprint density at radius 3 is 2.34 bits per heavy atom. The molecule has 2 heterocycles. The first-order chi connectivity index (χ1) is 14.3. The van der Waals surface area contributed by atoms with Gasteiger partial charge in [-0.15, -0.1) is 10.2 Å². The number of anilines is 2. The first-order valence-corrected chi connectivity index (χ1v) is 9.95. The zero-order chi connectivity index (χ0) is 19.9. The second-order valence-electron chi connectivity index (χ2n) is 7.08. The number of ether oxygens (including phenoxy) is 1. The van der Waals surface area contributed by atoms with E-state index in [2.05, 4.69) is 15.5 Å². The van der Waals surface area contributed by atoms with Crippen molar-refractivity contribution in [2.45, 2.75) is 25.9 Å². The van der Waals surface area contributed by atoms with Crippen LogP contribution in [0.15, 0.2) is 66.7 Å². The van der Waals surface area contributed by atoms with Crippen molar-refractivity contribution in [1.82, 2.24) is 15.1 Å². The second-order valence-corrected chi connectivity index (χ2v) is 7.08. The van der Waals surface area contributed by atoms with Crippen molar-refractivity contribution >= 4 is 17.4 Å². The quantitative estimate of drug-likeness (QED) is 0.677. The van der Waals surface area contributed by atoms with Gasteiger partial charge in [-0.05, 0) is 61.2 Å². The Labute approximate surface area is 170 Å². The molecule has 1 aromatic heterocycles. The Balaban J connectivity index is 1.32. The van der Waals surface area contributed by atoms with Crippen LogP contribution in [-0.4, -0.2) is 34.1 Å². The highest BCUT2D eigenvalue weighted by molar-refractivity contribution is 5.92. The number of nitrogens with zero attached hydrogens (tertiary/aromatic N) is 3. The lowest BCUT2D eigenvalue weighted by atomic mass is 10.1. The fourth-order valence-corrected chi connectivity index (χ4v) is 3.30. The number of nitrogens with one attached hydrogen (secondary N) is 1. The third kappa shape index (κ3) is 5.10. The van der Waals surface area contributed by atoms with E-state index in [1.54, 1.807) is 12.1 Å². The monoisotopic (exact) mass is 388 g/mol. The van der Waals surface area contributed by atoms with Crippen LogP contribution < -0.4 is 10.1 Å². The number of carbonyl (C=O) groups is 1. The number of likely N-dealkylation sites (tertiary alicyclic amines) is 1. The molecule has 6 heteroatoms. The molecule has 0 radical (unpaired) electrons. The van der Waals surface area contributed by atoms with E-state index in [1.165, 1.54) is 6.42 Å². The number of rotatable bonds is 6. The Morgan fingerprint density at radius 2 is 1.66 bits per heavy atom. The van der Waals surface area contributed by atoms with Crippen LogP contribution in [-0.2, 0) is 6.61 Å². The van der Waals surface area contributed by atoms with Gasteiger partial charge in [0.25, 0.3) is 5.91 Å². The van der Waals surface area contributed by atoms with Crippen LogP contribution in [0, 0.1) is 0 Å². The first-order valence-electron chi connectivity index (χ1n) is 9.95. The summed E-state index contributed by atoms with van der Waals surface area (Å²) in [5, 5.41) is 11.4. The van der Waals surface area contributed by atoms with Crippen LogP contribution in [0.25, 0.3) is 0 Å². The highest BCUT2D eigenvalue weighted by Gasteiger charge is 2.19. The van der Waals surface area contributed by atoms with E-state index < -0.39 is 0 Å². The number of hydrogen-bond donors (Lipinski definition) is 1. The molecule has 29 heavy (non-hydrogen) atoms. The fourth-order valence-electron chi connectivity index (χ4n) is 3.30. The molecule has 1 N–H and O–H groups in total. The molecular formula is C23H24N4O2. The summed E-state index contributed by atoms with van der Waals surface area (Å²) in [4.78, 5) is 14.3. The lowest BCUT2D eigenvalue weighted by molar-refractivity contribution is 0.0717. The van der Waals surface area contributed by atoms with Gasteiger partial charge in [0.05, 0.1) is 0 Å². The van der Waals surface area contributed by atoms with E-state index in [0.717, 1.165) is 42.9 Å². The number of aromatic nitrogens is 2. The van der Waals surface area contributed by atoms with Crippen LogP contribution >= 0.6 is 0 Å². The summed E-state index contributed by atoms with van der Waals surface area (Å²) in [6, 6.07) is 21.2. The number of benzene rings is 2. The van der Waals surface area contributed by atoms with Crippen LogP contribution in [0.4, 0.5) is 11.5 Å². The van der Waals surface area contributed by atoms with Crippen LogP contribution in [0.3, 0.4) is 0 Å². The third-order valence-corrected chi connectivity index (χ3v) is 4.90. The normalized spacial score (nSPS) is 13.7. The van der Waals surface area contributed by atoms with Gasteiger partial charge in [0.15, 0.2) is 11.5 Å². The van der Waals surface area contributed by atoms with Gasteiger partial charge < -0.3 is 15.0 Å². The zero-order valence-electron chi connectivity index (χ0n) is 16.3. The minimum Gasteiger partial charge on any atom is -0.489 e. The van der Waals surface area contributed by atoms with Crippen LogP contribution in [0.5, 0.6) is 5.75 Å². The number of amides is 1. The molecule has 0 spiro atoms. The summed E-state index contributed by atoms with van der Waals surface area (Å²) in [6.07, 6.45) is 3.31. The van der Waals surface area contributed by atoms with Gasteiger partial charge in [-0.25, -0.2) is 0 Å². The van der Waals surface area contributed by atoms with Gasteiger partial charge in [0, 0.05) is 18.8 Å². The molecule has 148 valence electrons. The summed E-state index contributed by atoms with van der Waals surface area (Å²) < 4.78 is 5.80. The van der Waals surface area contributed by atoms with Crippen molar-refractivity contribution < 1.29 is 9.53 Å². The van der Waals surface area contributed by atoms with E-state index in [1.807, 2.05) is 59.5 Å². The van der Waals surface area contributed by atoms with Gasteiger partial charge in [0.2, 0.25) is 0 Å². The fraction of sp³-hybridized carbons (Fsp3) is 0.261. The third-order valence-electron chi connectivity index (χ3n) is 4.90. The largest absolute Gasteiger partial charge is 0.489 e. The minimum absolute atomic E-state index is 0.0383. The molecule has 0 atom stereocenters. The minimum atomic E-state index is -0.0383. The van der Waals surface area contributed by atoms with Gasteiger partial charge in [-0.3, -0.25) is 4.79 Å². The van der Waals surface area contributed by atoms with Gasteiger partial charge in [-0.1, -0.05) is 30.3 Å². The van der Waals surface area contributed by atoms with E-state index in [-0.39, 0.29) is 5.91 Å². The highest BCUT2D eigenvalue weighted by atomic mass is 16.5. The summed E-state index contributed by atoms with van der Waals surface area (Å²) in [7, 11) is 0. The lowest BCUT2D eigenvalue weighted by Crippen LogP contribution is -2.36. The SMILES string of the molecule is O=C(c1ccc(Nc2ccc(OCc3ccccc3)cc2)nn1)N1CCCCC1. The predicted octanol–water partition coefficient (Wildman–Crippen LogP) is 4.43. The standard InChI is InChI=1S/C23H24N4O2/c28-23(27-15-5-2-6-16-27)21-13-14-22(26-25-21)24-19-9-11-20(12-10-19)29-17-18-7-3-1-4-8-18/h1,3-4,7-14H,2,5-6,15-17H2,(H,24,26). The average molecular weight is 388 g/mol. The summed E-state index contributed by atoms with van der Waals surface area (Å²) in [5.74, 6) is 1.36. The maximum absolute atomic E-state index is 12.5. The zero-order valence-corrected chi connectivity index (χ0v) is 16.3. The highest BCUT2D eigenvalue weighted by Crippen LogP contribution is 2.20. The smallest absolute Gasteiger partial charge is 0.274 e. The van der Waals surface area contributed by atoms with Crippen molar-refractivity contribution in [2.75, 3.05) is 18.4 Å².